The Bertz CT molecular complexity index is 1090. The predicted molar refractivity (Wildman–Crippen MR) is 113 cm³/mol. The number of rotatable bonds is 9. The molecule has 0 radical (unpaired) electrons. The van der Waals surface area contributed by atoms with Crippen molar-refractivity contribution in [1.82, 2.24) is 20.3 Å². The van der Waals surface area contributed by atoms with Crippen LogP contribution < -0.4 is 10.1 Å². The Labute approximate surface area is 182 Å². The maximum Gasteiger partial charge on any atom is 0.354 e. The fraction of sp³-hybridized carbons (Fsp3) is 0.182. The Hall–Kier alpha value is -4.34. The molecule has 0 aliphatic heterocycles. The topological polar surface area (TPSA) is 152 Å². The van der Waals surface area contributed by atoms with Crippen LogP contribution in [0.15, 0.2) is 48.5 Å². The first-order valence-electron chi connectivity index (χ1n) is 9.70. The van der Waals surface area contributed by atoms with E-state index in [2.05, 4.69) is 20.3 Å². The third-order valence-electron chi connectivity index (χ3n) is 4.20. The summed E-state index contributed by atoms with van der Waals surface area (Å²) in [5.41, 5.74) is 0.751. The lowest BCUT2D eigenvalue weighted by atomic mass is 10.1. The smallest absolute Gasteiger partial charge is 0.354 e. The van der Waals surface area contributed by atoms with Crippen LogP contribution in [0.5, 0.6) is 5.75 Å². The average Bonchev–Trinajstić information content (AvgIpc) is 2.81. The zero-order chi connectivity index (χ0) is 23.1. The second kappa shape index (κ2) is 10.1. The monoisotopic (exact) mass is 436 g/mol. The van der Waals surface area contributed by atoms with Crippen molar-refractivity contribution in [2.45, 2.75) is 13.3 Å². The summed E-state index contributed by atoms with van der Waals surface area (Å²) < 4.78 is 5.60. The molecule has 0 atom stereocenters. The fourth-order valence-electron chi connectivity index (χ4n) is 2.71. The number of carbonyl (C=O) groups is 3. The second-order valence-corrected chi connectivity index (χ2v) is 6.64. The number of nitrogens with zero attached hydrogens (tertiary/aromatic N) is 3. The summed E-state index contributed by atoms with van der Waals surface area (Å²) in [5.74, 6) is -2.42. The number of amides is 1. The average molecular weight is 436 g/mol. The van der Waals surface area contributed by atoms with Gasteiger partial charge >= 0.3 is 11.9 Å². The maximum absolute atomic E-state index is 11.9. The molecule has 3 rings (SSSR count). The molecule has 0 spiro atoms. The van der Waals surface area contributed by atoms with E-state index < -0.39 is 11.9 Å². The van der Waals surface area contributed by atoms with Crippen molar-refractivity contribution in [2.75, 3.05) is 13.2 Å². The van der Waals surface area contributed by atoms with Crippen LogP contribution in [-0.4, -0.2) is 56.2 Å². The number of aromatic nitrogens is 3. The summed E-state index contributed by atoms with van der Waals surface area (Å²) in [6, 6.07) is 12.0. The van der Waals surface area contributed by atoms with Crippen molar-refractivity contribution in [2.24, 2.45) is 0 Å². The Balaban J connectivity index is 2.02. The summed E-state index contributed by atoms with van der Waals surface area (Å²) in [4.78, 5) is 47.1. The van der Waals surface area contributed by atoms with Crippen LogP contribution in [0.2, 0.25) is 0 Å². The summed E-state index contributed by atoms with van der Waals surface area (Å²) in [5, 5.41) is 21.1. The minimum atomic E-state index is -1.19. The van der Waals surface area contributed by atoms with E-state index in [0.717, 1.165) is 6.42 Å². The van der Waals surface area contributed by atoms with Crippen molar-refractivity contribution >= 4 is 17.8 Å². The van der Waals surface area contributed by atoms with Crippen LogP contribution in [0.25, 0.3) is 22.8 Å². The molecule has 0 aliphatic carbocycles. The van der Waals surface area contributed by atoms with E-state index in [1.54, 1.807) is 12.1 Å². The van der Waals surface area contributed by atoms with E-state index in [4.69, 9.17) is 4.74 Å². The molecule has 0 saturated carbocycles. The van der Waals surface area contributed by atoms with Crippen molar-refractivity contribution in [3.05, 3.63) is 59.9 Å². The van der Waals surface area contributed by atoms with E-state index in [1.807, 2.05) is 6.92 Å². The van der Waals surface area contributed by atoms with E-state index >= 15 is 0 Å². The van der Waals surface area contributed by atoms with Crippen LogP contribution in [0.4, 0.5) is 0 Å². The van der Waals surface area contributed by atoms with Gasteiger partial charge in [-0.15, -0.1) is 0 Å². The van der Waals surface area contributed by atoms with Gasteiger partial charge in [0.25, 0.3) is 5.91 Å². The lowest BCUT2D eigenvalue weighted by Gasteiger charge is -2.11. The van der Waals surface area contributed by atoms with Crippen LogP contribution in [-0.2, 0) is 4.79 Å². The number of nitrogens with one attached hydrogen (secondary N) is 1. The SMILES string of the molecule is CCCNC(=O)COc1cc(-c2cccc(C(=O)O)n2)nc(-c2cccc(C(=O)O)n2)c1. The molecular formula is C22H20N4O6. The van der Waals surface area contributed by atoms with Gasteiger partial charge in [-0.05, 0) is 30.7 Å². The standard InChI is InChI=1S/C22H20N4O6/c1-2-9-23-20(27)12-32-13-10-18(14-5-3-7-16(24-14)21(28)29)26-19(11-13)15-6-4-8-17(25-15)22(30)31/h3-8,10-11H,2,9,12H2,1H3,(H,23,27)(H,28,29)(H,30,31). The molecule has 0 unspecified atom stereocenters. The first-order valence-corrected chi connectivity index (χ1v) is 9.70. The molecule has 3 N–H and O–H groups in total. The van der Waals surface area contributed by atoms with E-state index in [-0.39, 0.29) is 52.4 Å². The minimum absolute atomic E-state index is 0.165. The molecule has 10 heteroatoms. The Kier molecular flexibility index (Phi) is 7.06. The van der Waals surface area contributed by atoms with Gasteiger partial charge in [0.15, 0.2) is 6.61 Å². The number of carboxylic acids is 2. The van der Waals surface area contributed by atoms with Gasteiger partial charge in [0, 0.05) is 18.7 Å². The van der Waals surface area contributed by atoms with Gasteiger partial charge in [0.05, 0.1) is 22.8 Å². The van der Waals surface area contributed by atoms with Gasteiger partial charge in [-0.1, -0.05) is 19.1 Å². The van der Waals surface area contributed by atoms with E-state index in [9.17, 15) is 24.6 Å². The number of carbonyl (C=O) groups excluding carboxylic acids is 1. The lowest BCUT2D eigenvalue weighted by molar-refractivity contribution is -0.123. The highest BCUT2D eigenvalue weighted by Gasteiger charge is 2.14. The maximum atomic E-state index is 11.9. The van der Waals surface area contributed by atoms with Gasteiger partial charge in [-0.25, -0.2) is 24.5 Å². The quantitative estimate of drug-likeness (QED) is 0.459. The molecule has 3 aromatic heterocycles. The molecule has 3 heterocycles. The molecule has 0 aromatic carbocycles. The molecular weight excluding hydrogens is 416 g/mol. The normalized spacial score (nSPS) is 10.4. The number of pyridine rings is 3. The Morgan fingerprint density at radius 1 is 0.844 bits per heavy atom. The Morgan fingerprint density at radius 2 is 1.38 bits per heavy atom. The number of aromatic carboxylic acids is 2. The fourth-order valence-corrected chi connectivity index (χ4v) is 2.71. The van der Waals surface area contributed by atoms with E-state index in [0.29, 0.717) is 6.54 Å². The number of ether oxygens (including phenoxy) is 1. The first-order chi connectivity index (χ1) is 15.4. The summed E-state index contributed by atoms with van der Waals surface area (Å²) in [6.45, 7) is 2.21. The second-order valence-electron chi connectivity index (χ2n) is 6.64. The third kappa shape index (κ3) is 5.63. The molecule has 1 amide bonds. The highest BCUT2D eigenvalue weighted by Crippen LogP contribution is 2.27. The highest BCUT2D eigenvalue weighted by molar-refractivity contribution is 5.86. The van der Waals surface area contributed by atoms with Crippen molar-refractivity contribution in [1.29, 1.82) is 0 Å². The molecule has 0 aliphatic rings. The molecule has 164 valence electrons. The third-order valence-corrected chi connectivity index (χ3v) is 4.20. The van der Waals surface area contributed by atoms with Gasteiger partial charge in [-0.2, -0.15) is 0 Å². The van der Waals surface area contributed by atoms with Crippen molar-refractivity contribution in [3.63, 3.8) is 0 Å². The zero-order valence-corrected chi connectivity index (χ0v) is 17.1. The van der Waals surface area contributed by atoms with Crippen LogP contribution >= 0.6 is 0 Å². The predicted octanol–water partition coefficient (Wildman–Crippen LogP) is 2.51. The van der Waals surface area contributed by atoms with Gasteiger partial charge in [-0.3, -0.25) is 4.79 Å². The van der Waals surface area contributed by atoms with Gasteiger partial charge in [0.2, 0.25) is 0 Å². The molecule has 0 fully saturated rings. The number of carboxylic acid groups (broad SMARTS) is 2. The van der Waals surface area contributed by atoms with E-state index in [1.165, 1.54) is 36.4 Å². The summed E-state index contributed by atoms with van der Waals surface area (Å²) >= 11 is 0. The molecule has 0 bridgehead atoms. The van der Waals surface area contributed by atoms with Crippen molar-refractivity contribution in [3.8, 4) is 28.5 Å². The largest absolute Gasteiger partial charge is 0.484 e. The summed E-state index contributed by atoms with van der Waals surface area (Å²) in [7, 11) is 0. The molecule has 32 heavy (non-hydrogen) atoms. The lowest BCUT2D eigenvalue weighted by Crippen LogP contribution is -2.29. The molecule has 3 aromatic rings. The minimum Gasteiger partial charge on any atom is -0.484 e. The summed E-state index contributed by atoms with van der Waals surface area (Å²) in [6.07, 6.45) is 0.784. The molecule has 0 saturated heterocycles. The van der Waals surface area contributed by atoms with Crippen LogP contribution in [0.1, 0.15) is 34.3 Å². The first kappa shape index (κ1) is 22.3. The number of hydrogen-bond donors (Lipinski definition) is 3. The Morgan fingerprint density at radius 3 is 1.84 bits per heavy atom. The molecule has 10 nitrogen and oxygen atoms in total. The van der Waals surface area contributed by atoms with Gasteiger partial charge in [0.1, 0.15) is 17.1 Å². The van der Waals surface area contributed by atoms with Crippen LogP contribution in [0, 0.1) is 0 Å². The van der Waals surface area contributed by atoms with Crippen molar-refractivity contribution < 1.29 is 29.3 Å². The highest BCUT2D eigenvalue weighted by atomic mass is 16.5. The van der Waals surface area contributed by atoms with Gasteiger partial charge < -0.3 is 20.3 Å². The number of hydrogen-bond acceptors (Lipinski definition) is 7. The zero-order valence-electron chi connectivity index (χ0n) is 17.1. The van der Waals surface area contributed by atoms with Crippen LogP contribution in [0.3, 0.4) is 0 Å².